The van der Waals surface area contributed by atoms with Crippen LogP contribution in [-0.4, -0.2) is 35.5 Å². The number of carbonyl (C=O) groups excluding carboxylic acids is 1. The van der Waals surface area contributed by atoms with Crippen LogP contribution in [0.4, 0.5) is 13.2 Å². The van der Waals surface area contributed by atoms with Crippen molar-refractivity contribution < 1.29 is 23.1 Å². The van der Waals surface area contributed by atoms with Crippen LogP contribution in [-0.2, 0) is 17.5 Å². The summed E-state index contributed by atoms with van der Waals surface area (Å²) in [7, 11) is 1.69. The normalized spacial score (nSPS) is 19.7. The Balaban J connectivity index is 2.15. The lowest BCUT2D eigenvalue weighted by molar-refractivity contribution is -0.137. The van der Waals surface area contributed by atoms with Crippen LogP contribution in [0, 0.1) is 0 Å². The Kier molecular flexibility index (Phi) is 4.41. The van der Waals surface area contributed by atoms with Crippen LogP contribution < -0.4 is 5.32 Å². The van der Waals surface area contributed by atoms with Crippen LogP contribution in [0.3, 0.4) is 0 Å². The van der Waals surface area contributed by atoms with Gasteiger partial charge in [0.05, 0.1) is 11.6 Å². The van der Waals surface area contributed by atoms with Crippen LogP contribution in [0.1, 0.15) is 24.0 Å². The van der Waals surface area contributed by atoms with Gasteiger partial charge < -0.3 is 10.4 Å². The Hall–Kier alpha value is -1.76. The molecule has 1 amide bonds. The molecule has 0 bridgehead atoms. The van der Waals surface area contributed by atoms with E-state index in [0.717, 1.165) is 12.5 Å². The van der Waals surface area contributed by atoms with Crippen LogP contribution in [0.25, 0.3) is 0 Å². The summed E-state index contributed by atoms with van der Waals surface area (Å²) in [5.41, 5.74) is -0.567. The zero-order valence-corrected chi connectivity index (χ0v) is 11.6. The molecule has 0 saturated carbocycles. The number of phenols is 1. The average molecular weight is 302 g/mol. The predicted octanol–water partition coefficient (Wildman–Crippen LogP) is 2.12. The molecule has 1 heterocycles. The lowest BCUT2D eigenvalue weighted by Crippen LogP contribution is -2.48. The second-order valence-electron chi connectivity index (χ2n) is 5.25. The van der Waals surface area contributed by atoms with Crippen molar-refractivity contribution in [3.8, 4) is 5.75 Å². The molecule has 1 aliphatic heterocycles. The zero-order valence-electron chi connectivity index (χ0n) is 11.6. The number of amides is 1. The Morgan fingerprint density at radius 1 is 1.38 bits per heavy atom. The largest absolute Gasteiger partial charge is 0.508 e. The van der Waals surface area contributed by atoms with Crippen molar-refractivity contribution in [2.24, 2.45) is 0 Å². The smallest absolute Gasteiger partial charge is 0.416 e. The van der Waals surface area contributed by atoms with Crippen LogP contribution in [0.5, 0.6) is 5.75 Å². The third kappa shape index (κ3) is 3.87. The maximum absolute atomic E-state index is 12.7. The number of hydrogen-bond acceptors (Lipinski definition) is 3. The summed E-state index contributed by atoms with van der Waals surface area (Å²) in [5, 5.41) is 12.2. The number of hydrogen-bond donors (Lipinski definition) is 2. The van der Waals surface area contributed by atoms with E-state index < -0.39 is 17.5 Å². The number of alkyl halides is 3. The highest BCUT2D eigenvalue weighted by molar-refractivity contribution is 5.82. The van der Waals surface area contributed by atoms with Crippen LogP contribution in [0.15, 0.2) is 18.2 Å². The minimum absolute atomic E-state index is 0.111. The average Bonchev–Trinajstić information content (AvgIpc) is 2.37. The van der Waals surface area contributed by atoms with Gasteiger partial charge in [-0.05, 0) is 43.7 Å². The highest BCUT2D eigenvalue weighted by Crippen LogP contribution is 2.32. The Morgan fingerprint density at radius 3 is 2.71 bits per heavy atom. The second-order valence-corrected chi connectivity index (χ2v) is 5.25. The first-order chi connectivity index (χ1) is 9.77. The van der Waals surface area contributed by atoms with Crippen molar-refractivity contribution in [2.45, 2.75) is 31.6 Å². The standard InChI is InChI=1S/C14H17F3N2O2/c1-19(12-3-2-4-18-13(12)21)8-9-5-10(14(15,16)17)7-11(20)6-9/h5-7,12,20H,2-4,8H2,1H3,(H,18,21). The molecule has 1 fully saturated rings. The lowest BCUT2D eigenvalue weighted by atomic mass is 10.0. The van der Waals surface area contributed by atoms with Crippen molar-refractivity contribution in [3.05, 3.63) is 29.3 Å². The van der Waals surface area contributed by atoms with Crippen molar-refractivity contribution in [2.75, 3.05) is 13.6 Å². The summed E-state index contributed by atoms with van der Waals surface area (Å²) in [6.45, 7) is 0.795. The fourth-order valence-corrected chi connectivity index (χ4v) is 2.50. The molecule has 1 saturated heterocycles. The molecular formula is C14H17F3N2O2. The van der Waals surface area contributed by atoms with Gasteiger partial charge in [0.2, 0.25) is 5.91 Å². The summed E-state index contributed by atoms with van der Waals surface area (Å²) in [5.74, 6) is -0.540. The Labute approximate surface area is 120 Å². The van der Waals surface area contributed by atoms with Gasteiger partial charge >= 0.3 is 6.18 Å². The van der Waals surface area contributed by atoms with E-state index in [1.165, 1.54) is 6.07 Å². The highest BCUT2D eigenvalue weighted by atomic mass is 19.4. The molecule has 116 valence electrons. The molecule has 1 aromatic carbocycles. The summed E-state index contributed by atoms with van der Waals surface area (Å²) < 4.78 is 38.1. The van der Waals surface area contributed by atoms with Crippen LogP contribution >= 0.6 is 0 Å². The summed E-state index contributed by atoms with van der Waals surface area (Å²) in [6, 6.07) is 2.62. The second kappa shape index (κ2) is 5.93. The van der Waals surface area contributed by atoms with E-state index in [4.69, 9.17) is 0 Å². The number of benzene rings is 1. The number of aromatic hydroxyl groups is 1. The Morgan fingerprint density at radius 2 is 2.10 bits per heavy atom. The fourth-order valence-electron chi connectivity index (χ4n) is 2.50. The zero-order chi connectivity index (χ0) is 15.6. The third-order valence-electron chi connectivity index (χ3n) is 3.53. The number of likely N-dealkylation sites (N-methyl/N-ethyl adjacent to an activating group) is 1. The Bertz CT molecular complexity index is 531. The molecule has 2 rings (SSSR count). The SMILES string of the molecule is CN(Cc1cc(O)cc(C(F)(F)F)c1)C1CCCNC1=O. The molecule has 7 heteroatoms. The van der Waals surface area contributed by atoms with Crippen molar-refractivity contribution in [1.82, 2.24) is 10.2 Å². The monoisotopic (exact) mass is 302 g/mol. The number of halogens is 3. The molecule has 0 aromatic heterocycles. The fraction of sp³-hybridized carbons (Fsp3) is 0.500. The third-order valence-corrected chi connectivity index (χ3v) is 3.53. The van der Waals surface area contributed by atoms with Gasteiger partial charge in [-0.25, -0.2) is 0 Å². The molecule has 2 N–H and O–H groups in total. The van der Waals surface area contributed by atoms with Crippen molar-refractivity contribution >= 4 is 5.91 Å². The minimum atomic E-state index is -4.51. The topological polar surface area (TPSA) is 52.6 Å². The molecule has 1 atom stereocenters. The number of nitrogens with one attached hydrogen (secondary N) is 1. The van der Waals surface area contributed by atoms with E-state index in [-0.39, 0.29) is 18.5 Å². The van der Waals surface area contributed by atoms with Gasteiger partial charge in [-0.3, -0.25) is 9.69 Å². The van der Waals surface area contributed by atoms with E-state index in [0.29, 0.717) is 24.6 Å². The first-order valence-electron chi connectivity index (χ1n) is 6.65. The van der Waals surface area contributed by atoms with Gasteiger partial charge in [0.1, 0.15) is 5.75 Å². The van der Waals surface area contributed by atoms with E-state index >= 15 is 0 Å². The quantitative estimate of drug-likeness (QED) is 0.899. The molecule has 21 heavy (non-hydrogen) atoms. The highest BCUT2D eigenvalue weighted by Gasteiger charge is 2.32. The number of carbonyl (C=O) groups is 1. The van der Waals surface area contributed by atoms with Gasteiger partial charge in [0, 0.05) is 13.1 Å². The van der Waals surface area contributed by atoms with E-state index in [1.54, 1.807) is 11.9 Å². The molecule has 4 nitrogen and oxygen atoms in total. The molecule has 0 aliphatic carbocycles. The summed E-state index contributed by atoms with van der Waals surface area (Å²) in [6.07, 6.45) is -2.99. The lowest BCUT2D eigenvalue weighted by Gasteiger charge is -2.30. The molecule has 1 aliphatic rings. The number of rotatable bonds is 3. The maximum Gasteiger partial charge on any atom is 0.416 e. The maximum atomic E-state index is 12.7. The van der Waals surface area contributed by atoms with Gasteiger partial charge in [-0.1, -0.05) is 0 Å². The molecule has 1 aromatic rings. The van der Waals surface area contributed by atoms with Crippen molar-refractivity contribution in [1.29, 1.82) is 0 Å². The van der Waals surface area contributed by atoms with E-state index in [9.17, 15) is 23.1 Å². The molecule has 0 spiro atoms. The summed E-state index contributed by atoms with van der Waals surface area (Å²) >= 11 is 0. The van der Waals surface area contributed by atoms with E-state index in [2.05, 4.69) is 5.32 Å². The van der Waals surface area contributed by atoms with Gasteiger partial charge in [0.25, 0.3) is 0 Å². The molecule has 0 radical (unpaired) electrons. The number of piperidine rings is 1. The first kappa shape index (κ1) is 15.6. The summed E-state index contributed by atoms with van der Waals surface area (Å²) in [4.78, 5) is 13.4. The van der Waals surface area contributed by atoms with Gasteiger partial charge in [0.15, 0.2) is 0 Å². The number of phenolic OH excluding ortho intramolecular Hbond substituents is 1. The van der Waals surface area contributed by atoms with Crippen LogP contribution in [0.2, 0.25) is 0 Å². The van der Waals surface area contributed by atoms with Gasteiger partial charge in [-0.15, -0.1) is 0 Å². The van der Waals surface area contributed by atoms with E-state index in [1.807, 2.05) is 0 Å². The molecule has 1 unspecified atom stereocenters. The predicted molar refractivity (Wildman–Crippen MR) is 70.6 cm³/mol. The molecular weight excluding hydrogens is 285 g/mol. The number of nitrogens with zero attached hydrogens (tertiary/aromatic N) is 1. The minimum Gasteiger partial charge on any atom is -0.508 e. The van der Waals surface area contributed by atoms with Gasteiger partial charge in [-0.2, -0.15) is 13.2 Å². The first-order valence-corrected chi connectivity index (χ1v) is 6.65. The van der Waals surface area contributed by atoms with Crippen molar-refractivity contribution in [3.63, 3.8) is 0 Å².